The Morgan fingerprint density at radius 2 is 1.24 bits per heavy atom. The molecule has 0 N–H and O–H groups in total. The fourth-order valence-corrected chi connectivity index (χ4v) is 8.56. The Hall–Kier alpha value is -7.52. The Morgan fingerprint density at radius 3 is 1.92 bits per heavy atom. The summed E-state index contributed by atoms with van der Waals surface area (Å²) in [5, 5.41) is 2.17. The van der Waals surface area contributed by atoms with Crippen LogP contribution in [0, 0.1) is 19.6 Å². The molecule has 0 bridgehead atoms. The predicted octanol–water partition coefficient (Wildman–Crippen LogP) is 15.7. The summed E-state index contributed by atoms with van der Waals surface area (Å²) >= 11 is 0. The molecule has 11 aromatic rings. The minimum Gasteiger partial charge on any atom is -0.501 e. The molecule has 0 spiro atoms. The van der Waals surface area contributed by atoms with E-state index in [9.17, 15) is 0 Å². The molecule has 362 valence electrons. The van der Waals surface area contributed by atoms with Crippen molar-refractivity contribution in [2.75, 3.05) is 4.90 Å². The Morgan fingerprint density at radius 1 is 0.583 bits per heavy atom. The van der Waals surface area contributed by atoms with Crippen LogP contribution in [0.3, 0.4) is 0 Å². The molecule has 0 fully saturated rings. The van der Waals surface area contributed by atoms with Gasteiger partial charge in [0.1, 0.15) is 17.2 Å². The largest absolute Gasteiger partial charge is 3.00 e. The van der Waals surface area contributed by atoms with Crippen molar-refractivity contribution < 1.29 is 24.5 Å². The first-order valence-corrected chi connectivity index (χ1v) is 23.8. The third-order valence-corrected chi connectivity index (χ3v) is 12.3. The van der Waals surface area contributed by atoms with E-state index in [1.54, 1.807) is 6.20 Å². The van der Waals surface area contributed by atoms with Gasteiger partial charge in [-0.2, -0.15) is 34.2 Å². The molecule has 9 nitrogen and oxygen atoms in total. The van der Waals surface area contributed by atoms with E-state index >= 15 is 0 Å². The average molecular weight is 1120 g/mol. The van der Waals surface area contributed by atoms with Crippen LogP contribution in [-0.2, 0) is 36.4 Å². The number of hydrogen-bond donors (Lipinski definition) is 0. The third kappa shape index (κ3) is 10.0. The summed E-state index contributed by atoms with van der Waals surface area (Å²) in [5.41, 5.74) is 10.6. The molecule has 0 aliphatic carbocycles. The summed E-state index contributed by atoms with van der Waals surface area (Å²) < 4.78 is 10.7. The molecule has 10 heteroatoms. The van der Waals surface area contributed by atoms with Crippen LogP contribution >= 0.6 is 0 Å². The number of hydrogen-bond acceptors (Lipinski definition) is 7. The minimum atomic E-state index is -0.237. The quantitative estimate of drug-likeness (QED) is 0.147. The van der Waals surface area contributed by atoms with Crippen molar-refractivity contribution in [3.05, 3.63) is 213 Å². The monoisotopic (exact) mass is 1120 g/mol. The Kier molecular flexibility index (Phi) is 14.3. The fraction of sp³-hybridized carbons (Fsp3) is 0.194. The maximum Gasteiger partial charge on any atom is 3.00 e. The van der Waals surface area contributed by atoms with Gasteiger partial charge in [0.25, 0.3) is 0 Å². The van der Waals surface area contributed by atoms with Gasteiger partial charge in [0.2, 0.25) is 11.9 Å². The molecule has 72 heavy (non-hydrogen) atoms. The van der Waals surface area contributed by atoms with Gasteiger partial charge in [0.05, 0.1) is 22.4 Å². The second kappa shape index (κ2) is 20.3. The van der Waals surface area contributed by atoms with Crippen molar-refractivity contribution in [1.29, 1.82) is 0 Å². The number of furan rings is 1. The zero-order chi connectivity index (χ0) is 48.8. The van der Waals surface area contributed by atoms with E-state index in [1.807, 2.05) is 101 Å². The Bertz CT molecular complexity index is 3580. The molecule has 0 amide bonds. The summed E-state index contributed by atoms with van der Waals surface area (Å²) in [6.45, 7) is 19.4. The van der Waals surface area contributed by atoms with E-state index in [-0.39, 0.29) is 43.8 Å². The maximum atomic E-state index is 6.42. The number of fused-ring (bicyclic) bond motifs is 4. The van der Waals surface area contributed by atoms with E-state index in [0.717, 1.165) is 73.1 Å². The SMILES string of the molecule is CC(C)(C)c1ccc(-n2c(-c3[c-]ccc4c3oc3ccccc34)nc3ccccc32)c(-c2ccccc2)c1.CC(C)(C)c1nc(N(c2[c-]cccc2)c2nccn2-c2ccccc2)nc(C(C)(C)C)n1.[CH3-].[Ir+3]. The molecule has 11 rings (SSSR count). The first-order valence-electron chi connectivity index (χ1n) is 23.8. The average Bonchev–Trinajstić information content (AvgIpc) is 4.10. The number of rotatable bonds is 7. The van der Waals surface area contributed by atoms with Gasteiger partial charge in [-0.05, 0) is 59.0 Å². The van der Waals surface area contributed by atoms with Crippen LogP contribution in [0.4, 0.5) is 17.6 Å². The van der Waals surface area contributed by atoms with E-state index in [0.29, 0.717) is 11.9 Å². The Balaban J connectivity index is 0.000000190. The number of nitrogens with zero attached hydrogens (tertiary/aromatic N) is 8. The molecule has 4 heterocycles. The van der Waals surface area contributed by atoms with Crippen LogP contribution in [0.5, 0.6) is 0 Å². The van der Waals surface area contributed by atoms with E-state index < -0.39 is 0 Å². The zero-order valence-electron chi connectivity index (χ0n) is 42.6. The molecule has 0 radical (unpaired) electrons. The topological polar surface area (TPSA) is 90.7 Å². The smallest absolute Gasteiger partial charge is 0.501 e. The molecule has 4 aromatic heterocycles. The predicted molar refractivity (Wildman–Crippen MR) is 291 cm³/mol. The molecule has 0 unspecified atom stereocenters. The van der Waals surface area contributed by atoms with Crippen LogP contribution in [0.15, 0.2) is 181 Å². The van der Waals surface area contributed by atoms with Crippen LogP contribution in [-0.4, -0.2) is 34.1 Å². The zero-order valence-corrected chi connectivity index (χ0v) is 45.0. The summed E-state index contributed by atoms with van der Waals surface area (Å²) in [6, 6.07) is 62.7. The fourth-order valence-electron chi connectivity index (χ4n) is 8.56. The number of benzene rings is 7. The van der Waals surface area contributed by atoms with Crippen molar-refractivity contribution in [2.45, 2.75) is 78.6 Å². The third-order valence-electron chi connectivity index (χ3n) is 12.3. The molecular weight excluding hydrogens is 1060 g/mol. The normalized spacial score (nSPS) is 11.7. The first kappa shape index (κ1) is 50.9. The summed E-state index contributed by atoms with van der Waals surface area (Å²) in [7, 11) is 0. The van der Waals surface area contributed by atoms with Crippen molar-refractivity contribution in [3.63, 3.8) is 0 Å². The molecule has 0 aliphatic rings. The number of para-hydroxylation sites is 5. The molecule has 7 aromatic carbocycles. The standard InChI is InChI=1S/C35H27N2O.C26H29N6.CH3.Ir/c1-35(2,3)24-20-21-30(28(22-24)23-12-5-4-6-13-23)37-31-18-9-8-17-29(31)36-34(37)27-16-11-15-26-25-14-7-10-19-32(25)38-33(26)27;1-25(2,3)21-28-22(26(4,5)6)30-23(29-21)32(20-15-11-8-12-16-20)24-27-17-18-31(24)19-13-9-7-10-14-19;;/h4-15,17-22H,1-3H3;7-15,17-18H,1-6H3;1H3;/q3*-1;+3. The van der Waals surface area contributed by atoms with Crippen molar-refractivity contribution in [1.82, 2.24) is 34.1 Å². The van der Waals surface area contributed by atoms with Crippen molar-refractivity contribution >= 4 is 50.6 Å². The molecular formula is C62H59IrN8O. The molecule has 0 aliphatic heterocycles. The van der Waals surface area contributed by atoms with Gasteiger partial charge < -0.3 is 16.4 Å². The maximum absolute atomic E-state index is 6.42. The summed E-state index contributed by atoms with van der Waals surface area (Å²) in [5.74, 6) is 3.51. The second-order valence-electron chi connectivity index (χ2n) is 20.6. The molecule has 0 atom stereocenters. The van der Waals surface area contributed by atoms with Gasteiger partial charge in [-0.3, -0.25) is 14.5 Å². The van der Waals surface area contributed by atoms with Crippen LogP contribution < -0.4 is 4.90 Å². The van der Waals surface area contributed by atoms with E-state index in [1.165, 1.54) is 16.7 Å². The Labute approximate surface area is 437 Å². The summed E-state index contributed by atoms with van der Waals surface area (Å²) in [6.07, 6.45) is 3.73. The number of imidazole rings is 2. The minimum absolute atomic E-state index is 0. The van der Waals surface area contributed by atoms with Gasteiger partial charge >= 0.3 is 20.1 Å². The molecule has 0 saturated heterocycles. The van der Waals surface area contributed by atoms with Gasteiger partial charge in [0.15, 0.2) is 0 Å². The van der Waals surface area contributed by atoms with Crippen molar-refractivity contribution in [2.24, 2.45) is 0 Å². The van der Waals surface area contributed by atoms with E-state index in [2.05, 4.69) is 158 Å². The van der Waals surface area contributed by atoms with Gasteiger partial charge in [-0.1, -0.05) is 164 Å². The van der Waals surface area contributed by atoms with Gasteiger partial charge in [-0.25, -0.2) is 9.97 Å². The van der Waals surface area contributed by atoms with Crippen LogP contribution in [0.1, 0.15) is 79.5 Å². The number of aromatic nitrogens is 7. The number of anilines is 3. The first-order chi connectivity index (χ1) is 33.6. The summed E-state index contributed by atoms with van der Waals surface area (Å²) in [4.78, 5) is 26.5. The van der Waals surface area contributed by atoms with E-state index in [4.69, 9.17) is 29.3 Å². The van der Waals surface area contributed by atoms with Gasteiger partial charge in [-0.15, -0.1) is 24.3 Å². The van der Waals surface area contributed by atoms with Crippen LogP contribution in [0.2, 0.25) is 0 Å². The second-order valence-corrected chi connectivity index (χ2v) is 20.6. The van der Waals surface area contributed by atoms with Crippen LogP contribution in [0.25, 0.3) is 66.9 Å². The van der Waals surface area contributed by atoms with Gasteiger partial charge in [0, 0.05) is 45.5 Å². The van der Waals surface area contributed by atoms with Crippen molar-refractivity contribution in [3.8, 4) is 33.9 Å². The molecule has 0 saturated carbocycles.